The van der Waals surface area contributed by atoms with Gasteiger partial charge in [0.25, 0.3) is 5.91 Å². The molecule has 7 heteroatoms. The zero-order valence-corrected chi connectivity index (χ0v) is 16.6. The number of nitrogens with two attached hydrogens (primary N) is 1. The fourth-order valence-electron chi connectivity index (χ4n) is 3.79. The molecule has 2 heterocycles. The van der Waals surface area contributed by atoms with Crippen molar-refractivity contribution in [1.29, 1.82) is 0 Å². The highest BCUT2D eigenvalue weighted by Crippen LogP contribution is 2.24. The highest BCUT2D eigenvalue weighted by atomic mass is 16.2. The van der Waals surface area contributed by atoms with Crippen molar-refractivity contribution in [1.82, 2.24) is 20.0 Å². The number of carbonyl (C=O) groups is 2. The molecule has 3 rings (SSSR count). The topological polar surface area (TPSA) is 93.2 Å². The highest BCUT2D eigenvalue weighted by molar-refractivity contribution is 5.95. The molecule has 2 aromatic rings. The third kappa shape index (κ3) is 4.78. The van der Waals surface area contributed by atoms with Gasteiger partial charge >= 0.3 is 0 Å². The smallest absolute Gasteiger partial charge is 0.251 e. The maximum Gasteiger partial charge on any atom is 0.251 e. The molecular weight excluding hydrogens is 354 g/mol. The van der Waals surface area contributed by atoms with E-state index in [1.54, 1.807) is 4.68 Å². The van der Waals surface area contributed by atoms with Gasteiger partial charge < -0.3 is 16.0 Å². The monoisotopic (exact) mass is 383 g/mol. The number of rotatable bonds is 7. The Labute approximate surface area is 165 Å². The standard InChI is InChI=1S/C21H29N5O2/c1-3-19-18(14-25(2)24-19)15-6-4-7-16(12-15)21(28)23-9-11-26-10-5-8-17(13-26)20(22)27/h4,6-7,12,14,17H,3,5,8-11,13H2,1-2H3,(H2,22,27)(H,23,28)/t17-/m1/s1. The summed E-state index contributed by atoms with van der Waals surface area (Å²) < 4.78 is 1.80. The number of hydrogen-bond acceptors (Lipinski definition) is 4. The molecular formula is C21H29N5O2. The first-order valence-electron chi connectivity index (χ1n) is 9.90. The SMILES string of the molecule is CCc1nn(C)cc1-c1cccc(C(=O)NCCN2CCC[C@@H](C(N)=O)C2)c1. The number of amides is 2. The molecule has 0 spiro atoms. The van der Waals surface area contributed by atoms with Crippen LogP contribution in [0.2, 0.25) is 0 Å². The predicted molar refractivity (Wildman–Crippen MR) is 109 cm³/mol. The number of benzene rings is 1. The molecule has 1 saturated heterocycles. The van der Waals surface area contributed by atoms with Crippen molar-refractivity contribution in [2.75, 3.05) is 26.2 Å². The Kier molecular flexibility index (Phi) is 6.46. The van der Waals surface area contributed by atoms with Crippen LogP contribution in [0.4, 0.5) is 0 Å². The fraction of sp³-hybridized carbons (Fsp3) is 0.476. The van der Waals surface area contributed by atoms with E-state index in [9.17, 15) is 9.59 Å². The fourth-order valence-corrected chi connectivity index (χ4v) is 3.79. The summed E-state index contributed by atoms with van der Waals surface area (Å²) in [7, 11) is 1.91. The Morgan fingerprint density at radius 3 is 2.93 bits per heavy atom. The van der Waals surface area contributed by atoms with Crippen LogP contribution in [0.1, 0.15) is 35.8 Å². The minimum Gasteiger partial charge on any atom is -0.369 e. The molecule has 1 aromatic heterocycles. The number of nitrogens with zero attached hydrogens (tertiary/aromatic N) is 3. The van der Waals surface area contributed by atoms with E-state index < -0.39 is 0 Å². The van der Waals surface area contributed by atoms with Gasteiger partial charge in [-0.05, 0) is 43.5 Å². The lowest BCUT2D eigenvalue weighted by Crippen LogP contribution is -2.44. The third-order valence-electron chi connectivity index (χ3n) is 5.30. The molecule has 3 N–H and O–H groups in total. The lowest BCUT2D eigenvalue weighted by molar-refractivity contribution is -0.123. The molecule has 150 valence electrons. The molecule has 0 radical (unpaired) electrons. The van der Waals surface area contributed by atoms with Gasteiger partial charge in [0.05, 0.1) is 11.6 Å². The van der Waals surface area contributed by atoms with Crippen molar-refractivity contribution in [2.45, 2.75) is 26.2 Å². The summed E-state index contributed by atoms with van der Waals surface area (Å²) in [5.74, 6) is -0.395. The summed E-state index contributed by atoms with van der Waals surface area (Å²) in [6.45, 7) is 4.96. The second-order valence-corrected chi connectivity index (χ2v) is 7.40. The minimum absolute atomic E-state index is 0.0756. The summed E-state index contributed by atoms with van der Waals surface area (Å²) in [4.78, 5) is 26.2. The molecule has 28 heavy (non-hydrogen) atoms. The van der Waals surface area contributed by atoms with E-state index in [0.717, 1.165) is 49.2 Å². The van der Waals surface area contributed by atoms with Gasteiger partial charge in [0.15, 0.2) is 0 Å². The Balaban J connectivity index is 1.58. The van der Waals surface area contributed by atoms with Crippen LogP contribution in [0.25, 0.3) is 11.1 Å². The molecule has 1 atom stereocenters. The summed E-state index contributed by atoms with van der Waals surface area (Å²) in [5, 5.41) is 7.46. The van der Waals surface area contributed by atoms with E-state index in [4.69, 9.17) is 5.73 Å². The Morgan fingerprint density at radius 1 is 1.36 bits per heavy atom. The lowest BCUT2D eigenvalue weighted by atomic mass is 9.97. The van der Waals surface area contributed by atoms with Crippen molar-refractivity contribution < 1.29 is 9.59 Å². The Hall–Kier alpha value is -2.67. The summed E-state index contributed by atoms with van der Waals surface area (Å²) in [5.41, 5.74) is 9.14. The molecule has 1 aliphatic heterocycles. The zero-order valence-electron chi connectivity index (χ0n) is 16.6. The Bertz CT molecular complexity index is 845. The van der Waals surface area contributed by atoms with E-state index in [2.05, 4.69) is 22.2 Å². The van der Waals surface area contributed by atoms with Crippen LogP contribution >= 0.6 is 0 Å². The molecule has 2 amide bonds. The van der Waals surface area contributed by atoms with E-state index in [1.807, 2.05) is 37.5 Å². The molecule has 0 aliphatic carbocycles. The minimum atomic E-state index is -0.229. The number of hydrogen-bond donors (Lipinski definition) is 2. The number of aromatic nitrogens is 2. The van der Waals surface area contributed by atoms with Crippen LogP contribution < -0.4 is 11.1 Å². The van der Waals surface area contributed by atoms with E-state index in [1.165, 1.54) is 0 Å². The van der Waals surface area contributed by atoms with Crippen LogP contribution in [0.5, 0.6) is 0 Å². The number of nitrogens with one attached hydrogen (secondary N) is 1. The third-order valence-corrected chi connectivity index (χ3v) is 5.30. The average Bonchev–Trinajstić information content (AvgIpc) is 3.09. The van der Waals surface area contributed by atoms with Gasteiger partial charge in [-0.3, -0.25) is 14.3 Å². The van der Waals surface area contributed by atoms with Crippen LogP contribution in [-0.4, -0.2) is 52.7 Å². The first-order valence-corrected chi connectivity index (χ1v) is 9.90. The largest absolute Gasteiger partial charge is 0.369 e. The molecule has 0 saturated carbocycles. The molecule has 0 bridgehead atoms. The Morgan fingerprint density at radius 2 is 2.18 bits per heavy atom. The van der Waals surface area contributed by atoms with Crippen molar-refractivity contribution in [3.63, 3.8) is 0 Å². The second-order valence-electron chi connectivity index (χ2n) is 7.40. The summed E-state index contributed by atoms with van der Waals surface area (Å²) in [6.07, 6.45) is 4.66. The van der Waals surface area contributed by atoms with Crippen LogP contribution in [0, 0.1) is 5.92 Å². The van der Waals surface area contributed by atoms with Crippen molar-refractivity contribution in [2.24, 2.45) is 18.7 Å². The summed E-state index contributed by atoms with van der Waals surface area (Å²) in [6, 6.07) is 7.64. The molecule has 1 aromatic carbocycles. The van der Waals surface area contributed by atoms with Crippen molar-refractivity contribution in [3.05, 3.63) is 41.7 Å². The van der Waals surface area contributed by atoms with Crippen LogP contribution in [0.15, 0.2) is 30.5 Å². The molecule has 7 nitrogen and oxygen atoms in total. The van der Waals surface area contributed by atoms with Crippen LogP contribution in [-0.2, 0) is 18.3 Å². The second kappa shape index (κ2) is 9.01. The maximum atomic E-state index is 12.6. The molecule has 0 unspecified atom stereocenters. The van der Waals surface area contributed by atoms with Gasteiger partial charge in [-0.25, -0.2) is 0 Å². The number of piperidine rings is 1. The van der Waals surface area contributed by atoms with E-state index in [0.29, 0.717) is 18.7 Å². The highest BCUT2D eigenvalue weighted by Gasteiger charge is 2.23. The molecule has 1 fully saturated rings. The predicted octanol–water partition coefficient (Wildman–Crippen LogP) is 1.58. The molecule has 1 aliphatic rings. The maximum absolute atomic E-state index is 12.6. The first-order chi connectivity index (χ1) is 13.5. The normalized spacial score (nSPS) is 17.4. The number of primary amides is 1. The van der Waals surface area contributed by atoms with Gasteiger partial charge in [-0.1, -0.05) is 19.1 Å². The first kappa shape index (κ1) is 20.1. The lowest BCUT2D eigenvalue weighted by Gasteiger charge is -2.31. The van der Waals surface area contributed by atoms with E-state index >= 15 is 0 Å². The van der Waals surface area contributed by atoms with Gasteiger partial charge in [0.2, 0.25) is 5.91 Å². The van der Waals surface area contributed by atoms with Crippen molar-refractivity contribution in [3.8, 4) is 11.1 Å². The number of carbonyl (C=O) groups excluding carboxylic acids is 2. The summed E-state index contributed by atoms with van der Waals surface area (Å²) >= 11 is 0. The van der Waals surface area contributed by atoms with Gasteiger partial charge in [-0.2, -0.15) is 5.10 Å². The van der Waals surface area contributed by atoms with Gasteiger partial charge in [0, 0.05) is 44.0 Å². The average molecular weight is 383 g/mol. The van der Waals surface area contributed by atoms with Crippen LogP contribution in [0.3, 0.4) is 0 Å². The zero-order chi connectivity index (χ0) is 20.1. The van der Waals surface area contributed by atoms with Crippen molar-refractivity contribution >= 4 is 11.8 Å². The van der Waals surface area contributed by atoms with Gasteiger partial charge in [-0.15, -0.1) is 0 Å². The quantitative estimate of drug-likeness (QED) is 0.759. The number of likely N-dealkylation sites (tertiary alicyclic amines) is 1. The van der Waals surface area contributed by atoms with E-state index in [-0.39, 0.29) is 17.7 Å². The number of aryl methyl sites for hydroxylation is 2. The van der Waals surface area contributed by atoms with Gasteiger partial charge in [0.1, 0.15) is 0 Å².